The number of piperidine rings is 1. The van der Waals surface area contributed by atoms with E-state index in [1.807, 2.05) is 5.32 Å². The van der Waals surface area contributed by atoms with Crippen LogP contribution in [0.15, 0.2) is 22.7 Å². The van der Waals surface area contributed by atoms with Crippen molar-refractivity contribution in [1.29, 1.82) is 0 Å². The third-order valence-corrected chi connectivity index (χ3v) is 5.16. The van der Waals surface area contributed by atoms with E-state index < -0.39 is 42.4 Å². The van der Waals surface area contributed by atoms with E-state index in [1.165, 1.54) is 17.0 Å². The highest BCUT2D eigenvalue weighted by atomic mass is 79.9. The van der Waals surface area contributed by atoms with Crippen LogP contribution in [-0.4, -0.2) is 65.3 Å². The van der Waals surface area contributed by atoms with Crippen LogP contribution in [0.2, 0.25) is 0 Å². The van der Waals surface area contributed by atoms with E-state index in [-0.39, 0.29) is 37.1 Å². The fourth-order valence-electron chi connectivity index (χ4n) is 3.18. The number of hydrogen-bond acceptors (Lipinski definition) is 4. The first-order chi connectivity index (χ1) is 13.1. The van der Waals surface area contributed by atoms with E-state index in [1.54, 1.807) is 6.07 Å². The van der Waals surface area contributed by atoms with Crippen molar-refractivity contribution in [3.63, 3.8) is 0 Å². The highest BCUT2D eigenvalue weighted by molar-refractivity contribution is 9.10. The van der Waals surface area contributed by atoms with E-state index in [0.29, 0.717) is 4.47 Å². The highest BCUT2D eigenvalue weighted by Crippen LogP contribution is 2.26. The summed E-state index contributed by atoms with van der Waals surface area (Å²) in [5.74, 6) is -3.61. The molecule has 1 fully saturated rings. The quantitative estimate of drug-likeness (QED) is 0.694. The van der Waals surface area contributed by atoms with Crippen LogP contribution in [0, 0.1) is 0 Å². The van der Waals surface area contributed by atoms with Gasteiger partial charge in [0.1, 0.15) is 6.54 Å². The van der Waals surface area contributed by atoms with Gasteiger partial charge in [0.05, 0.1) is 11.1 Å². The Morgan fingerprint density at radius 2 is 1.71 bits per heavy atom. The van der Waals surface area contributed by atoms with Gasteiger partial charge in [0.25, 0.3) is 11.8 Å². The summed E-state index contributed by atoms with van der Waals surface area (Å²) in [6.45, 7) is -0.198. The zero-order valence-corrected chi connectivity index (χ0v) is 16.0. The lowest BCUT2D eigenvalue weighted by Crippen LogP contribution is -2.51. The molecule has 0 bridgehead atoms. The molecule has 0 saturated carbocycles. The lowest BCUT2D eigenvalue weighted by molar-refractivity contribution is -0.174. The number of carbonyl (C=O) groups is 4. The Kier molecular flexibility index (Phi) is 5.46. The second-order valence-corrected chi connectivity index (χ2v) is 7.43. The molecule has 3 rings (SSSR count). The molecule has 2 aliphatic heterocycles. The molecule has 0 aromatic heterocycles. The molecule has 1 aromatic carbocycles. The van der Waals surface area contributed by atoms with Crippen LogP contribution in [0.4, 0.5) is 13.2 Å². The van der Waals surface area contributed by atoms with Gasteiger partial charge in [-0.25, -0.2) is 0 Å². The molecule has 2 heterocycles. The summed E-state index contributed by atoms with van der Waals surface area (Å²) in [5.41, 5.74) is 0.426. The highest BCUT2D eigenvalue weighted by Gasteiger charge is 2.41. The molecule has 150 valence electrons. The van der Waals surface area contributed by atoms with Crippen molar-refractivity contribution < 1.29 is 32.3 Å². The standard InChI is InChI=1S/C17H15BrF3N3O4/c18-9-1-2-11-12(7-9)15(27)24(14(11)26)8-13(25)23-5-3-10(4-6-23)22-16(28)17(19,20)21/h1-2,7,10H,3-6,8H2,(H,22,28). The number of carbonyl (C=O) groups excluding carboxylic acids is 4. The first-order valence-electron chi connectivity index (χ1n) is 8.39. The molecule has 4 amide bonds. The molecule has 0 spiro atoms. The van der Waals surface area contributed by atoms with Gasteiger partial charge >= 0.3 is 12.1 Å². The maximum atomic E-state index is 12.5. The number of likely N-dealkylation sites (tertiary alicyclic amines) is 1. The molecule has 7 nitrogen and oxygen atoms in total. The summed E-state index contributed by atoms with van der Waals surface area (Å²) in [7, 11) is 0. The van der Waals surface area contributed by atoms with Crippen LogP contribution < -0.4 is 5.32 Å². The molecule has 1 aromatic rings. The van der Waals surface area contributed by atoms with Crippen molar-refractivity contribution in [2.45, 2.75) is 25.1 Å². The minimum Gasteiger partial charge on any atom is -0.345 e. The summed E-state index contributed by atoms with van der Waals surface area (Å²) in [6, 6.07) is 3.94. The largest absolute Gasteiger partial charge is 0.471 e. The van der Waals surface area contributed by atoms with Crippen molar-refractivity contribution in [1.82, 2.24) is 15.1 Å². The van der Waals surface area contributed by atoms with Gasteiger partial charge in [0.2, 0.25) is 5.91 Å². The molecular formula is C17H15BrF3N3O4. The second-order valence-electron chi connectivity index (χ2n) is 6.51. The van der Waals surface area contributed by atoms with Crippen molar-refractivity contribution in [2.75, 3.05) is 19.6 Å². The normalized spacial score (nSPS) is 17.7. The number of amides is 4. The number of imide groups is 1. The fourth-order valence-corrected chi connectivity index (χ4v) is 3.54. The first-order valence-corrected chi connectivity index (χ1v) is 9.18. The Bertz CT molecular complexity index is 851. The molecule has 11 heteroatoms. The summed E-state index contributed by atoms with van der Waals surface area (Å²) in [6.07, 6.45) is -4.64. The Labute approximate surface area is 166 Å². The van der Waals surface area contributed by atoms with Crippen LogP contribution in [0.5, 0.6) is 0 Å². The molecule has 0 unspecified atom stereocenters. The zero-order valence-electron chi connectivity index (χ0n) is 14.4. The van der Waals surface area contributed by atoms with Gasteiger partial charge in [-0.1, -0.05) is 15.9 Å². The summed E-state index contributed by atoms with van der Waals surface area (Å²) >= 11 is 3.22. The van der Waals surface area contributed by atoms with Gasteiger partial charge < -0.3 is 10.2 Å². The fraction of sp³-hybridized carbons (Fsp3) is 0.412. The lowest BCUT2D eigenvalue weighted by atomic mass is 10.0. The first kappa shape index (κ1) is 20.3. The van der Waals surface area contributed by atoms with Gasteiger partial charge in [-0.05, 0) is 31.0 Å². The van der Waals surface area contributed by atoms with E-state index in [9.17, 15) is 32.3 Å². The third-order valence-electron chi connectivity index (χ3n) is 4.67. The Hall–Kier alpha value is -2.43. The van der Waals surface area contributed by atoms with Crippen molar-refractivity contribution in [2.24, 2.45) is 0 Å². The molecule has 0 radical (unpaired) electrons. The molecule has 0 aliphatic carbocycles. The number of nitrogens with one attached hydrogen (secondary N) is 1. The second kappa shape index (κ2) is 7.53. The smallest absolute Gasteiger partial charge is 0.345 e. The summed E-state index contributed by atoms with van der Waals surface area (Å²) in [4.78, 5) is 50.4. The van der Waals surface area contributed by atoms with E-state index in [4.69, 9.17) is 0 Å². The van der Waals surface area contributed by atoms with Crippen molar-refractivity contribution in [3.05, 3.63) is 33.8 Å². The van der Waals surface area contributed by atoms with E-state index in [0.717, 1.165) is 4.90 Å². The number of hydrogen-bond donors (Lipinski definition) is 1. The predicted molar refractivity (Wildman–Crippen MR) is 93.3 cm³/mol. The topological polar surface area (TPSA) is 86.8 Å². The molecular weight excluding hydrogens is 447 g/mol. The monoisotopic (exact) mass is 461 g/mol. The van der Waals surface area contributed by atoms with Crippen LogP contribution in [0.1, 0.15) is 33.6 Å². The van der Waals surface area contributed by atoms with Crippen molar-refractivity contribution in [3.8, 4) is 0 Å². The SMILES string of the molecule is O=C(CN1C(=O)c2ccc(Br)cc2C1=O)N1CCC(NC(=O)C(F)(F)F)CC1. The maximum absolute atomic E-state index is 12.5. The number of halogens is 4. The molecule has 2 aliphatic rings. The average Bonchev–Trinajstić information content (AvgIpc) is 2.86. The van der Waals surface area contributed by atoms with E-state index in [2.05, 4.69) is 15.9 Å². The molecule has 0 atom stereocenters. The van der Waals surface area contributed by atoms with Crippen LogP contribution in [0.3, 0.4) is 0 Å². The predicted octanol–water partition coefficient (Wildman–Crippen LogP) is 1.71. The van der Waals surface area contributed by atoms with Gasteiger partial charge in [-0.15, -0.1) is 0 Å². The third kappa shape index (κ3) is 4.03. The lowest BCUT2D eigenvalue weighted by Gasteiger charge is -2.33. The van der Waals surface area contributed by atoms with Crippen LogP contribution >= 0.6 is 15.9 Å². The molecule has 1 saturated heterocycles. The van der Waals surface area contributed by atoms with E-state index >= 15 is 0 Å². The van der Waals surface area contributed by atoms with Gasteiger partial charge in [-0.2, -0.15) is 13.2 Å². The minimum absolute atomic E-state index is 0.121. The Morgan fingerprint density at radius 1 is 1.11 bits per heavy atom. The number of fused-ring (bicyclic) bond motifs is 1. The minimum atomic E-state index is -4.95. The molecule has 1 N–H and O–H groups in total. The maximum Gasteiger partial charge on any atom is 0.471 e. The van der Waals surface area contributed by atoms with Gasteiger partial charge in [0, 0.05) is 23.6 Å². The average molecular weight is 462 g/mol. The number of alkyl halides is 3. The zero-order chi connectivity index (χ0) is 20.6. The summed E-state index contributed by atoms with van der Waals surface area (Å²) in [5, 5.41) is 1.90. The number of nitrogens with zero attached hydrogens (tertiary/aromatic N) is 2. The van der Waals surface area contributed by atoms with Gasteiger partial charge in [0.15, 0.2) is 0 Å². The summed E-state index contributed by atoms with van der Waals surface area (Å²) < 4.78 is 37.5. The Balaban J connectivity index is 1.56. The number of benzene rings is 1. The van der Waals surface area contributed by atoms with Gasteiger partial charge in [-0.3, -0.25) is 24.1 Å². The van der Waals surface area contributed by atoms with Crippen LogP contribution in [0.25, 0.3) is 0 Å². The Morgan fingerprint density at radius 3 is 2.32 bits per heavy atom. The molecule has 28 heavy (non-hydrogen) atoms. The number of rotatable bonds is 3. The van der Waals surface area contributed by atoms with Crippen molar-refractivity contribution >= 4 is 39.6 Å². The van der Waals surface area contributed by atoms with Crippen LogP contribution in [-0.2, 0) is 9.59 Å².